The minimum atomic E-state index is -4.19. The number of halogens is 3. The Hall–Kier alpha value is -1.80. The second-order valence-electron chi connectivity index (χ2n) is 6.11. The van der Waals surface area contributed by atoms with Crippen LogP contribution in [0.5, 0.6) is 0 Å². The number of rotatable bonds is 7. The summed E-state index contributed by atoms with van der Waals surface area (Å²) in [6.07, 6.45) is -3.73. The molecule has 1 amide bonds. The number of nitrogens with one attached hydrogen (secondary N) is 1. The topological polar surface area (TPSA) is 44.8 Å². The maximum atomic E-state index is 12.2. The smallest absolute Gasteiger partial charge is 0.378 e. The summed E-state index contributed by atoms with van der Waals surface area (Å²) in [6, 6.07) is 7.32. The van der Waals surface area contributed by atoms with Crippen LogP contribution in [0.15, 0.2) is 24.3 Å². The number of ether oxygens (including phenoxy) is 1. The van der Waals surface area contributed by atoms with Crippen LogP contribution < -0.4 is 10.2 Å². The summed E-state index contributed by atoms with van der Waals surface area (Å²) in [7, 11) is 1.42. The van der Waals surface area contributed by atoms with Gasteiger partial charge in [0.1, 0.15) is 0 Å². The first-order valence-corrected chi connectivity index (χ1v) is 8.31. The van der Waals surface area contributed by atoms with Crippen LogP contribution in [0.25, 0.3) is 0 Å². The first-order valence-electron chi connectivity index (χ1n) is 8.31. The number of nitrogens with zero attached hydrogens (tertiary/aromatic N) is 2. The lowest BCUT2D eigenvalue weighted by atomic mass is 10.1. The molecule has 140 valence electrons. The van der Waals surface area contributed by atoms with E-state index >= 15 is 0 Å². The highest BCUT2D eigenvalue weighted by Crippen LogP contribution is 2.17. The summed E-state index contributed by atoms with van der Waals surface area (Å²) >= 11 is 0. The molecule has 0 unspecified atom stereocenters. The normalized spacial score (nSPS) is 15.5. The quantitative estimate of drug-likeness (QED) is 0.758. The standard InChI is InChI=1S/C17H24F3N3O2/c1-22(13-17(18,19)20)8-2-7-21-16(24)14-3-5-15(6-4-14)23-9-11-25-12-10-23/h3-6H,2,7-13H2,1H3,(H,21,24). The van der Waals surface area contributed by atoms with Crippen LogP contribution in [-0.2, 0) is 4.74 Å². The number of hydrogen-bond acceptors (Lipinski definition) is 4. The van der Waals surface area contributed by atoms with Crippen LogP contribution in [-0.4, -0.2) is 70.0 Å². The lowest BCUT2D eigenvalue weighted by Crippen LogP contribution is -2.36. The van der Waals surface area contributed by atoms with Gasteiger partial charge in [0.25, 0.3) is 5.91 Å². The number of morpholine rings is 1. The van der Waals surface area contributed by atoms with E-state index in [-0.39, 0.29) is 12.5 Å². The van der Waals surface area contributed by atoms with Gasteiger partial charge in [0.15, 0.2) is 0 Å². The number of anilines is 1. The molecule has 0 atom stereocenters. The molecule has 0 spiro atoms. The zero-order valence-electron chi connectivity index (χ0n) is 14.3. The molecule has 0 radical (unpaired) electrons. The molecule has 1 aliphatic rings. The third-order valence-electron chi connectivity index (χ3n) is 3.96. The Morgan fingerprint density at radius 3 is 2.48 bits per heavy atom. The van der Waals surface area contributed by atoms with E-state index in [2.05, 4.69) is 10.2 Å². The molecular formula is C17H24F3N3O2. The van der Waals surface area contributed by atoms with Crippen LogP contribution >= 0.6 is 0 Å². The van der Waals surface area contributed by atoms with Gasteiger partial charge in [0, 0.05) is 30.9 Å². The molecule has 8 heteroatoms. The number of hydrogen-bond donors (Lipinski definition) is 1. The minimum absolute atomic E-state index is 0.216. The van der Waals surface area contributed by atoms with Gasteiger partial charge in [-0.25, -0.2) is 0 Å². The van der Waals surface area contributed by atoms with Crippen molar-refractivity contribution >= 4 is 11.6 Å². The summed E-state index contributed by atoms with van der Waals surface area (Å²) in [4.78, 5) is 15.5. The molecule has 1 heterocycles. The lowest BCUT2D eigenvalue weighted by molar-refractivity contribution is -0.143. The zero-order chi connectivity index (χ0) is 18.3. The van der Waals surface area contributed by atoms with E-state index in [0.29, 0.717) is 31.7 Å². The summed E-state index contributed by atoms with van der Waals surface area (Å²) in [6.45, 7) is 2.73. The highest BCUT2D eigenvalue weighted by Gasteiger charge is 2.28. The van der Waals surface area contributed by atoms with Gasteiger partial charge in [0.05, 0.1) is 19.8 Å². The van der Waals surface area contributed by atoms with E-state index in [4.69, 9.17) is 4.74 Å². The molecule has 5 nitrogen and oxygen atoms in total. The van der Waals surface area contributed by atoms with Crippen molar-refractivity contribution in [1.29, 1.82) is 0 Å². The van der Waals surface area contributed by atoms with Gasteiger partial charge >= 0.3 is 6.18 Å². The van der Waals surface area contributed by atoms with E-state index in [1.807, 2.05) is 12.1 Å². The number of alkyl halides is 3. The Balaban J connectivity index is 1.72. The highest BCUT2D eigenvalue weighted by atomic mass is 19.4. The molecule has 25 heavy (non-hydrogen) atoms. The van der Waals surface area contributed by atoms with Crippen molar-refractivity contribution in [3.8, 4) is 0 Å². The SMILES string of the molecule is CN(CCCNC(=O)c1ccc(N2CCOCC2)cc1)CC(F)(F)F. The fourth-order valence-electron chi connectivity index (χ4n) is 2.68. The molecule has 1 aromatic carbocycles. The number of benzene rings is 1. The van der Waals surface area contributed by atoms with Crippen molar-refractivity contribution in [3.05, 3.63) is 29.8 Å². The molecule has 1 saturated heterocycles. The van der Waals surface area contributed by atoms with Crippen LogP contribution in [0.4, 0.5) is 18.9 Å². The average molecular weight is 359 g/mol. The number of amides is 1. The summed E-state index contributed by atoms with van der Waals surface area (Å²) in [5.74, 6) is -0.216. The predicted octanol–water partition coefficient (Wildman–Crippen LogP) is 2.14. The van der Waals surface area contributed by atoms with Crippen LogP contribution in [0.3, 0.4) is 0 Å². The van der Waals surface area contributed by atoms with Crippen molar-refractivity contribution in [1.82, 2.24) is 10.2 Å². The van der Waals surface area contributed by atoms with E-state index in [9.17, 15) is 18.0 Å². The van der Waals surface area contributed by atoms with Crippen LogP contribution in [0, 0.1) is 0 Å². The van der Waals surface area contributed by atoms with E-state index in [1.54, 1.807) is 12.1 Å². The molecule has 1 fully saturated rings. The lowest BCUT2D eigenvalue weighted by Gasteiger charge is -2.28. The third-order valence-corrected chi connectivity index (χ3v) is 3.96. The van der Waals surface area contributed by atoms with Gasteiger partial charge in [0.2, 0.25) is 0 Å². The van der Waals surface area contributed by atoms with Crippen LogP contribution in [0.1, 0.15) is 16.8 Å². The first kappa shape index (κ1) is 19.5. The molecule has 0 aliphatic carbocycles. The summed E-state index contributed by atoms with van der Waals surface area (Å²) in [5.41, 5.74) is 1.59. The molecule has 2 rings (SSSR count). The first-order chi connectivity index (χ1) is 11.8. The molecular weight excluding hydrogens is 335 g/mol. The van der Waals surface area contributed by atoms with Crippen molar-refractivity contribution in [2.45, 2.75) is 12.6 Å². The van der Waals surface area contributed by atoms with Crippen molar-refractivity contribution < 1.29 is 22.7 Å². The maximum absolute atomic E-state index is 12.2. The van der Waals surface area contributed by atoms with Gasteiger partial charge in [-0.15, -0.1) is 0 Å². The Kier molecular flexibility index (Phi) is 7.07. The Labute approximate surface area is 145 Å². The van der Waals surface area contributed by atoms with E-state index < -0.39 is 12.7 Å². The Morgan fingerprint density at radius 2 is 1.88 bits per heavy atom. The largest absolute Gasteiger partial charge is 0.401 e. The second kappa shape index (κ2) is 9.05. The number of carbonyl (C=O) groups is 1. The monoisotopic (exact) mass is 359 g/mol. The fraction of sp³-hybridized carbons (Fsp3) is 0.588. The summed E-state index contributed by atoms with van der Waals surface area (Å²) in [5, 5.41) is 2.74. The second-order valence-corrected chi connectivity index (χ2v) is 6.11. The van der Waals surface area contributed by atoms with Gasteiger partial charge in [-0.05, 0) is 44.3 Å². The summed E-state index contributed by atoms with van der Waals surface area (Å²) < 4.78 is 41.9. The van der Waals surface area contributed by atoms with Gasteiger partial charge in [-0.2, -0.15) is 13.2 Å². The molecule has 1 aromatic rings. The van der Waals surface area contributed by atoms with E-state index in [1.165, 1.54) is 11.9 Å². The Bertz CT molecular complexity index is 543. The molecule has 0 bridgehead atoms. The maximum Gasteiger partial charge on any atom is 0.401 e. The van der Waals surface area contributed by atoms with Crippen molar-refractivity contribution in [2.75, 3.05) is 57.9 Å². The minimum Gasteiger partial charge on any atom is -0.378 e. The third kappa shape index (κ3) is 6.91. The van der Waals surface area contributed by atoms with Gasteiger partial charge < -0.3 is 15.0 Å². The van der Waals surface area contributed by atoms with E-state index in [0.717, 1.165) is 18.8 Å². The molecule has 0 aromatic heterocycles. The zero-order valence-corrected chi connectivity index (χ0v) is 14.3. The molecule has 1 aliphatic heterocycles. The molecule has 1 N–H and O–H groups in total. The van der Waals surface area contributed by atoms with Crippen LogP contribution in [0.2, 0.25) is 0 Å². The van der Waals surface area contributed by atoms with Crippen molar-refractivity contribution in [2.24, 2.45) is 0 Å². The van der Waals surface area contributed by atoms with Gasteiger partial charge in [-0.1, -0.05) is 0 Å². The fourth-order valence-corrected chi connectivity index (χ4v) is 2.68. The molecule has 0 saturated carbocycles. The Morgan fingerprint density at radius 1 is 1.24 bits per heavy atom. The van der Waals surface area contributed by atoms with Crippen molar-refractivity contribution in [3.63, 3.8) is 0 Å². The number of carbonyl (C=O) groups excluding carboxylic acids is 1. The van der Waals surface area contributed by atoms with Gasteiger partial charge in [-0.3, -0.25) is 9.69 Å². The average Bonchev–Trinajstić information content (AvgIpc) is 2.58. The predicted molar refractivity (Wildman–Crippen MR) is 90.0 cm³/mol. The highest BCUT2D eigenvalue weighted by molar-refractivity contribution is 5.94.